The van der Waals surface area contributed by atoms with Gasteiger partial charge in [-0.1, -0.05) is 6.42 Å². The van der Waals surface area contributed by atoms with Gasteiger partial charge in [-0.3, -0.25) is 4.79 Å². The third kappa shape index (κ3) is 4.20. The SMILES string of the molecule is CCOC(=O)CC(C)NC(C)C1CCC1. The minimum atomic E-state index is -0.0988. The van der Waals surface area contributed by atoms with Crippen LogP contribution in [0.3, 0.4) is 0 Å². The highest BCUT2D eigenvalue weighted by molar-refractivity contribution is 5.70. The van der Waals surface area contributed by atoms with Crippen LogP contribution in [0.2, 0.25) is 0 Å². The van der Waals surface area contributed by atoms with Gasteiger partial charge in [0.25, 0.3) is 0 Å². The summed E-state index contributed by atoms with van der Waals surface area (Å²) in [6.45, 7) is 6.58. The van der Waals surface area contributed by atoms with Crippen LogP contribution in [0.4, 0.5) is 0 Å². The van der Waals surface area contributed by atoms with Crippen LogP contribution in [-0.4, -0.2) is 24.7 Å². The van der Waals surface area contributed by atoms with Gasteiger partial charge in [0.05, 0.1) is 13.0 Å². The quantitative estimate of drug-likeness (QED) is 0.687. The van der Waals surface area contributed by atoms with Crippen LogP contribution >= 0.6 is 0 Å². The number of nitrogens with one attached hydrogen (secondary N) is 1. The fraction of sp³-hybridized carbons (Fsp3) is 0.917. The molecule has 2 atom stereocenters. The zero-order valence-electron chi connectivity index (χ0n) is 10.1. The first kappa shape index (κ1) is 12.5. The molecule has 0 radical (unpaired) electrons. The molecular formula is C12H23NO2. The second-order valence-corrected chi connectivity index (χ2v) is 4.56. The molecule has 0 aromatic carbocycles. The summed E-state index contributed by atoms with van der Waals surface area (Å²) in [5.74, 6) is 0.716. The summed E-state index contributed by atoms with van der Waals surface area (Å²) in [5, 5.41) is 3.47. The molecule has 0 saturated heterocycles. The molecule has 1 saturated carbocycles. The average molecular weight is 213 g/mol. The summed E-state index contributed by atoms with van der Waals surface area (Å²) < 4.78 is 4.92. The van der Waals surface area contributed by atoms with E-state index in [0.29, 0.717) is 19.1 Å². The number of hydrogen-bond donors (Lipinski definition) is 1. The highest BCUT2D eigenvalue weighted by atomic mass is 16.5. The molecule has 0 spiro atoms. The van der Waals surface area contributed by atoms with E-state index in [2.05, 4.69) is 12.2 Å². The number of rotatable bonds is 6. The molecule has 88 valence electrons. The maximum atomic E-state index is 11.2. The minimum absolute atomic E-state index is 0.0988. The zero-order chi connectivity index (χ0) is 11.3. The molecule has 0 aromatic heterocycles. The van der Waals surface area contributed by atoms with Crippen molar-refractivity contribution >= 4 is 5.97 Å². The lowest BCUT2D eigenvalue weighted by Crippen LogP contribution is -2.42. The standard InChI is InChI=1S/C12H23NO2/c1-4-15-12(14)8-9(2)13-10(3)11-6-5-7-11/h9-11,13H,4-8H2,1-3H3. The molecule has 15 heavy (non-hydrogen) atoms. The molecular weight excluding hydrogens is 190 g/mol. The van der Waals surface area contributed by atoms with Crippen molar-refractivity contribution in [3.63, 3.8) is 0 Å². The molecule has 1 aliphatic rings. The van der Waals surface area contributed by atoms with Crippen LogP contribution in [0.25, 0.3) is 0 Å². The Bertz CT molecular complexity index is 202. The number of esters is 1. The van der Waals surface area contributed by atoms with Gasteiger partial charge in [0.15, 0.2) is 0 Å². The van der Waals surface area contributed by atoms with E-state index in [9.17, 15) is 4.79 Å². The van der Waals surface area contributed by atoms with E-state index in [1.807, 2.05) is 13.8 Å². The van der Waals surface area contributed by atoms with E-state index in [-0.39, 0.29) is 12.0 Å². The summed E-state index contributed by atoms with van der Waals surface area (Å²) in [5.41, 5.74) is 0. The highest BCUT2D eigenvalue weighted by Crippen LogP contribution is 2.29. The minimum Gasteiger partial charge on any atom is -0.466 e. The van der Waals surface area contributed by atoms with Crippen molar-refractivity contribution in [2.45, 2.75) is 58.5 Å². The van der Waals surface area contributed by atoms with Gasteiger partial charge in [-0.15, -0.1) is 0 Å². The largest absolute Gasteiger partial charge is 0.466 e. The van der Waals surface area contributed by atoms with E-state index in [1.54, 1.807) is 0 Å². The molecule has 1 fully saturated rings. The van der Waals surface area contributed by atoms with Crippen LogP contribution < -0.4 is 5.32 Å². The van der Waals surface area contributed by atoms with Crippen LogP contribution in [0.15, 0.2) is 0 Å². The van der Waals surface area contributed by atoms with Crippen molar-refractivity contribution in [3.8, 4) is 0 Å². The predicted molar refractivity (Wildman–Crippen MR) is 60.7 cm³/mol. The molecule has 1 N–H and O–H groups in total. The molecule has 1 aliphatic carbocycles. The molecule has 0 bridgehead atoms. The van der Waals surface area contributed by atoms with Gasteiger partial charge in [-0.2, -0.15) is 0 Å². The Morgan fingerprint density at radius 1 is 1.47 bits per heavy atom. The lowest BCUT2D eigenvalue weighted by Gasteiger charge is -2.33. The molecule has 0 heterocycles. The maximum absolute atomic E-state index is 11.2. The van der Waals surface area contributed by atoms with Crippen LogP contribution in [0, 0.1) is 5.92 Å². The molecule has 1 rings (SSSR count). The number of hydrogen-bond acceptors (Lipinski definition) is 3. The Morgan fingerprint density at radius 3 is 2.60 bits per heavy atom. The second-order valence-electron chi connectivity index (χ2n) is 4.56. The fourth-order valence-corrected chi connectivity index (χ4v) is 2.05. The summed E-state index contributed by atoms with van der Waals surface area (Å²) in [6.07, 6.45) is 4.51. The molecule has 3 heteroatoms. The smallest absolute Gasteiger partial charge is 0.307 e. The number of ether oxygens (including phenoxy) is 1. The first-order valence-electron chi connectivity index (χ1n) is 6.05. The second kappa shape index (κ2) is 6.11. The van der Waals surface area contributed by atoms with E-state index in [0.717, 1.165) is 5.92 Å². The van der Waals surface area contributed by atoms with Gasteiger partial charge in [-0.05, 0) is 39.5 Å². The molecule has 3 nitrogen and oxygen atoms in total. The monoisotopic (exact) mass is 213 g/mol. The third-order valence-electron chi connectivity index (χ3n) is 3.18. The Kier molecular flexibility index (Phi) is 5.09. The van der Waals surface area contributed by atoms with E-state index in [4.69, 9.17) is 4.74 Å². The van der Waals surface area contributed by atoms with Crippen molar-refractivity contribution in [3.05, 3.63) is 0 Å². The maximum Gasteiger partial charge on any atom is 0.307 e. The van der Waals surface area contributed by atoms with Gasteiger partial charge in [-0.25, -0.2) is 0 Å². The van der Waals surface area contributed by atoms with Crippen LogP contribution in [-0.2, 0) is 9.53 Å². The van der Waals surface area contributed by atoms with E-state index in [1.165, 1.54) is 19.3 Å². The molecule has 0 aliphatic heterocycles. The summed E-state index contributed by atoms with van der Waals surface area (Å²) in [4.78, 5) is 11.2. The number of carbonyl (C=O) groups is 1. The van der Waals surface area contributed by atoms with E-state index < -0.39 is 0 Å². The Labute approximate surface area is 92.6 Å². The Hall–Kier alpha value is -0.570. The van der Waals surface area contributed by atoms with Crippen molar-refractivity contribution in [2.24, 2.45) is 5.92 Å². The van der Waals surface area contributed by atoms with Crippen LogP contribution in [0.5, 0.6) is 0 Å². The highest BCUT2D eigenvalue weighted by Gasteiger charge is 2.25. The Morgan fingerprint density at radius 2 is 2.13 bits per heavy atom. The Balaban J connectivity index is 2.16. The first-order chi connectivity index (χ1) is 7.13. The predicted octanol–water partition coefficient (Wildman–Crippen LogP) is 2.11. The van der Waals surface area contributed by atoms with E-state index >= 15 is 0 Å². The summed E-state index contributed by atoms with van der Waals surface area (Å²) in [7, 11) is 0. The van der Waals surface area contributed by atoms with Gasteiger partial charge in [0.2, 0.25) is 0 Å². The summed E-state index contributed by atoms with van der Waals surface area (Å²) in [6, 6.07) is 0.753. The molecule has 0 amide bonds. The summed E-state index contributed by atoms with van der Waals surface area (Å²) >= 11 is 0. The number of carbonyl (C=O) groups excluding carboxylic acids is 1. The lowest BCUT2D eigenvalue weighted by atomic mass is 9.80. The first-order valence-corrected chi connectivity index (χ1v) is 6.05. The topological polar surface area (TPSA) is 38.3 Å². The van der Waals surface area contributed by atoms with Crippen LogP contribution in [0.1, 0.15) is 46.5 Å². The molecule has 0 aromatic rings. The van der Waals surface area contributed by atoms with Gasteiger partial charge in [0, 0.05) is 12.1 Å². The van der Waals surface area contributed by atoms with Crippen molar-refractivity contribution in [1.82, 2.24) is 5.32 Å². The lowest BCUT2D eigenvalue weighted by molar-refractivity contribution is -0.143. The van der Waals surface area contributed by atoms with Gasteiger partial charge >= 0.3 is 5.97 Å². The van der Waals surface area contributed by atoms with Crippen molar-refractivity contribution in [2.75, 3.05) is 6.61 Å². The van der Waals surface area contributed by atoms with Gasteiger partial charge < -0.3 is 10.1 Å². The fourth-order valence-electron chi connectivity index (χ4n) is 2.05. The zero-order valence-corrected chi connectivity index (χ0v) is 10.1. The molecule has 2 unspecified atom stereocenters. The van der Waals surface area contributed by atoms with Gasteiger partial charge in [0.1, 0.15) is 0 Å². The normalized spacial score (nSPS) is 20.5. The van der Waals surface area contributed by atoms with Crippen molar-refractivity contribution in [1.29, 1.82) is 0 Å². The van der Waals surface area contributed by atoms with Crippen molar-refractivity contribution < 1.29 is 9.53 Å². The third-order valence-corrected chi connectivity index (χ3v) is 3.18. The average Bonchev–Trinajstić information content (AvgIpc) is 1.99.